The number of pyridine rings is 1. The van der Waals surface area contributed by atoms with Crippen LogP contribution in [0.2, 0.25) is 0 Å². The van der Waals surface area contributed by atoms with Crippen molar-refractivity contribution in [3.8, 4) is 0 Å². The molecule has 4 rings (SSSR count). The normalized spacial score (nSPS) is 20.3. The predicted molar refractivity (Wildman–Crippen MR) is 96.7 cm³/mol. The van der Waals surface area contributed by atoms with E-state index in [9.17, 15) is 4.79 Å². The second-order valence-electron chi connectivity index (χ2n) is 6.40. The van der Waals surface area contributed by atoms with Gasteiger partial charge in [0, 0.05) is 24.9 Å². The Hall–Kier alpha value is -2.80. The molecule has 1 saturated heterocycles. The van der Waals surface area contributed by atoms with Crippen LogP contribution in [0.5, 0.6) is 0 Å². The summed E-state index contributed by atoms with van der Waals surface area (Å²) in [6.45, 7) is 1.54. The van der Waals surface area contributed by atoms with Crippen molar-refractivity contribution in [1.82, 2.24) is 19.9 Å². The van der Waals surface area contributed by atoms with E-state index in [2.05, 4.69) is 32.4 Å². The largest absolute Gasteiger partial charge is 0.377 e. The van der Waals surface area contributed by atoms with E-state index in [1.165, 1.54) is 0 Å². The van der Waals surface area contributed by atoms with Crippen LogP contribution >= 0.6 is 0 Å². The van der Waals surface area contributed by atoms with Crippen molar-refractivity contribution in [2.75, 3.05) is 25.1 Å². The predicted octanol–water partition coefficient (Wildman–Crippen LogP) is 2.48. The van der Waals surface area contributed by atoms with Gasteiger partial charge in [-0.15, -0.1) is 0 Å². The molecule has 0 radical (unpaired) electrons. The molecule has 1 fully saturated rings. The first-order valence-electron chi connectivity index (χ1n) is 8.85. The zero-order valence-electron chi connectivity index (χ0n) is 14.4. The van der Waals surface area contributed by atoms with Crippen LogP contribution in [0.1, 0.15) is 24.7 Å². The lowest BCUT2D eigenvalue weighted by Gasteiger charge is -2.36. The van der Waals surface area contributed by atoms with Crippen molar-refractivity contribution >= 4 is 17.5 Å². The number of allylic oxidation sites excluding steroid dienone is 2. The molecule has 7 heteroatoms. The highest BCUT2D eigenvalue weighted by Gasteiger charge is 2.34. The fourth-order valence-corrected chi connectivity index (χ4v) is 3.31. The van der Waals surface area contributed by atoms with Gasteiger partial charge >= 0.3 is 0 Å². The molecule has 7 nitrogen and oxygen atoms in total. The van der Waals surface area contributed by atoms with Gasteiger partial charge in [0.05, 0.1) is 13.2 Å². The first-order chi connectivity index (χ1) is 12.8. The zero-order valence-corrected chi connectivity index (χ0v) is 14.4. The van der Waals surface area contributed by atoms with E-state index in [1.807, 2.05) is 23.1 Å². The van der Waals surface area contributed by atoms with Gasteiger partial charge in [-0.25, -0.2) is 15.0 Å². The Bertz CT molecular complexity index is 788. The molecule has 1 amide bonds. The number of amides is 1. The molecule has 1 aliphatic heterocycles. The summed E-state index contributed by atoms with van der Waals surface area (Å²) in [6, 6.07) is 7.16. The van der Waals surface area contributed by atoms with Crippen molar-refractivity contribution < 1.29 is 9.53 Å². The number of hydrogen-bond donors (Lipinski definition) is 1. The zero-order chi connectivity index (χ0) is 17.8. The second kappa shape index (κ2) is 7.61. The number of morpholine rings is 1. The first kappa shape index (κ1) is 16.7. The average Bonchev–Trinajstić information content (AvgIpc) is 3.23. The summed E-state index contributed by atoms with van der Waals surface area (Å²) < 4.78 is 5.62. The minimum Gasteiger partial charge on any atom is -0.377 e. The summed E-state index contributed by atoms with van der Waals surface area (Å²) in [5.41, 5.74) is 0. The number of rotatable bonds is 4. The molecule has 26 heavy (non-hydrogen) atoms. The van der Waals surface area contributed by atoms with Crippen molar-refractivity contribution in [2.45, 2.75) is 18.9 Å². The quantitative estimate of drug-likeness (QED) is 0.853. The van der Waals surface area contributed by atoms with Crippen molar-refractivity contribution in [3.63, 3.8) is 0 Å². The molecule has 1 atom stereocenters. The van der Waals surface area contributed by atoms with Crippen LogP contribution < -0.4 is 5.32 Å². The molecule has 3 heterocycles. The Kier molecular flexibility index (Phi) is 4.88. The maximum absolute atomic E-state index is 12.9. The third kappa shape index (κ3) is 3.57. The number of nitrogens with zero attached hydrogens (tertiary/aromatic N) is 4. The SMILES string of the molecule is O=C(C1CC=CC1)N1CCOC[C@H]1c1nccc(Nc2ccccn2)n1. The van der Waals surface area contributed by atoms with E-state index in [4.69, 9.17) is 4.74 Å². The van der Waals surface area contributed by atoms with Crippen LogP contribution in [0.4, 0.5) is 11.6 Å². The first-order valence-corrected chi connectivity index (χ1v) is 8.85. The van der Waals surface area contributed by atoms with Crippen LogP contribution in [0.25, 0.3) is 0 Å². The third-order valence-corrected chi connectivity index (χ3v) is 4.66. The van der Waals surface area contributed by atoms with Crippen LogP contribution in [0, 0.1) is 5.92 Å². The van der Waals surface area contributed by atoms with Gasteiger partial charge < -0.3 is 15.0 Å². The molecule has 134 valence electrons. The van der Waals surface area contributed by atoms with Gasteiger partial charge in [-0.3, -0.25) is 4.79 Å². The van der Waals surface area contributed by atoms with Crippen LogP contribution in [-0.2, 0) is 9.53 Å². The molecule has 0 aromatic carbocycles. The monoisotopic (exact) mass is 351 g/mol. The van der Waals surface area contributed by atoms with Gasteiger partial charge in [-0.05, 0) is 31.0 Å². The second-order valence-corrected chi connectivity index (χ2v) is 6.40. The van der Waals surface area contributed by atoms with Gasteiger partial charge in [0.1, 0.15) is 17.7 Å². The fraction of sp³-hybridized carbons (Fsp3) is 0.368. The smallest absolute Gasteiger partial charge is 0.227 e. The van der Waals surface area contributed by atoms with E-state index in [1.54, 1.807) is 18.5 Å². The molecule has 1 aliphatic carbocycles. The Morgan fingerprint density at radius 3 is 2.81 bits per heavy atom. The van der Waals surface area contributed by atoms with Crippen molar-refractivity contribution in [2.24, 2.45) is 5.92 Å². The highest BCUT2D eigenvalue weighted by atomic mass is 16.5. The van der Waals surface area contributed by atoms with Gasteiger partial charge in [-0.2, -0.15) is 0 Å². The Balaban J connectivity index is 1.54. The molecule has 0 bridgehead atoms. The summed E-state index contributed by atoms with van der Waals surface area (Å²) in [5, 5.41) is 3.17. The summed E-state index contributed by atoms with van der Waals surface area (Å²) in [4.78, 5) is 28.0. The molecule has 2 aromatic heterocycles. The molecule has 2 aliphatic rings. The molecule has 2 aromatic rings. The average molecular weight is 351 g/mol. The van der Waals surface area contributed by atoms with E-state index < -0.39 is 0 Å². The number of carbonyl (C=O) groups excluding carboxylic acids is 1. The molecule has 0 unspecified atom stereocenters. The summed E-state index contributed by atoms with van der Waals surface area (Å²) >= 11 is 0. The molecular weight excluding hydrogens is 330 g/mol. The van der Waals surface area contributed by atoms with E-state index in [0.29, 0.717) is 37.2 Å². The lowest BCUT2D eigenvalue weighted by Crippen LogP contribution is -2.46. The summed E-state index contributed by atoms with van der Waals surface area (Å²) in [5.74, 6) is 2.14. The highest BCUT2D eigenvalue weighted by molar-refractivity contribution is 5.80. The molecule has 0 spiro atoms. The standard InChI is InChI=1S/C19H21N5O2/c25-19(14-5-1-2-6-14)24-11-12-26-13-15(24)18-21-10-8-17(23-18)22-16-7-3-4-9-20-16/h1-4,7-10,14-15H,5-6,11-13H2,(H,20,21,22,23)/t15-/m0/s1. The van der Waals surface area contributed by atoms with Crippen molar-refractivity contribution in [1.29, 1.82) is 0 Å². The molecule has 0 saturated carbocycles. The van der Waals surface area contributed by atoms with Gasteiger partial charge in [0.15, 0.2) is 5.82 Å². The fourth-order valence-electron chi connectivity index (χ4n) is 3.31. The number of hydrogen-bond acceptors (Lipinski definition) is 6. The molecular formula is C19H21N5O2. The van der Waals surface area contributed by atoms with Crippen LogP contribution in [0.3, 0.4) is 0 Å². The number of anilines is 2. The number of carbonyl (C=O) groups is 1. The van der Waals surface area contributed by atoms with Gasteiger partial charge in [0.25, 0.3) is 0 Å². The maximum Gasteiger partial charge on any atom is 0.227 e. The lowest BCUT2D eigenvalue weighted by molar-refractivity contribution is -0.144. The Morgan fingerprint density at radius 1 is 1.12 bits per heavy atom. The number of ether oxygens (including phenoxy) is 1. The maximum atomic E-state index is 12.9. The molecule has 1 N–H and O–H groups in total. The van der Waals surface area contributed by atoms with Crippen LogP contribution in [0.15, 0.2) is 48.8 Å². The number of nitrogens with one attached hydrogen (secondary N) is 1. The third-order valence-electron chi connectivity index (χ3n) is 4.66. The van der Waals surface area contributed by atoms with Crippen LogP contribution in [-0.4, -0.2) is 45.5 Å². The summed E-state index contributed by atoms with van der Waals surface area (Å²) in [7, 11) is 0. The van der Waals surface area contributed by atoms with Gasteiger partial charge in [0.2, 0.25) is 5.91 Å². The van der Waals surface area contributed by atoms with Crippen molar-refractivity contribution in [3.05, 3.63) is 54.6 Å². The summed E-state index contributed by atoms with van der Waals surface area (Å²) in [6.07, 6.45) is 9.19. The topological polar surface area (TPSA) is 80.2 Å². The van der Waals surface area contributed by atoms with Gasteiger partial charge in [-0.1, -0.05) is 18.2 Å². The minimum absolute atomic E-state index is 0.0328. The van der Waals surface area contributed by atoms with E-state index in [-0.39, 0.29) is 17.9 Å². The van der Waals surface area contributed by atoms with E-state index in [0.717, 1.165) is 12.8 Å². The Morgan fingerprint density at radius 2 is 2.00 bits per heavy atom. The Labute approximate surface area is 152 Å². The minimum atomic E-state index is -0.262. The lowest BCUT2D eigenvalue weighted by atomic mass is 10.0. The van der Waals surface area contributed by atoms with E-state index >= 15 is 0 Å². The number of aromatic nitrogens is 3. The highest BCUT2D eigenvalue weighted by Crippen LogP contribution is 2.28.